The predicted molar refractivity (Wildman–Crippen MR) is 109 cm³/mol. The Morgan fingerprint density at radius 3 is 2.86 bits per heavy atom. The standard InChI is InChI=1S/C21H23ClN4O2/c1-21(2,3)18-15-10-13(11-24-19(15)28-25-18)20(27)26-9-8-23-12-17(26)14-6-4-5-7-16(14)22/h4-7,10-11,17,23H,8-9,12H2,1-3H3. The number of amides is 1. The lowest BCUT2D eigenvalue weighted by molar-refractivity contribution is 0.0634. The van der Waals surface area contributed by atoms with Crippen molar-refractivity contribution in [1.82, 2.24) is 20.4 Å². The monoisotopic (exact) mass is 398 g/mol. The van der Waals surface area contributed by atoms with Gasteiger partial charge in [0.25, 0.3) is 11.6 Å². The Hall–Kier alpha value is -2.44. The Morgan fingerprint density at radius 1 is 1.32 bits per heavy atom. The van der Waals surface area contributed by atoms with Crippen molar-refractivity contribution in [3.8, 4) is 0 Å². The fraction of sp³-hybridized carbons (Fsp3) is 0.381. The van der Waals surface area contributed by atoms with E-state index >= 15 is 0 Å². The van der Waals surface area contributed by atoms with E-state index in [0.29, 0.717) is 29.4 Å². The summed E-state index contributed by atoms with van der Waals surface area (Å²) in [6, 6.07) is 9.38. The minimum absolute atomic E-state index is 0.0677. The maximum absolute atomic E-state index is 13.4. The van der Waals surface area contributed by atoms with Gasteiger partial charge in [-0.2, -0.15) is 0 Å². The van der Waals surface area contributed by atoms with Crippen molar-refractivity contribution in [2.24, 2.45) is 0 Å². The van der Waals surface area contributed by atoms with E-state index in [-0.39, 0.29) is 17.4 Å². The first-order valence-corrected chi connectivity index (χ1v) is 9.76. The van der Waals surface area contributed by atoms with Gasteiger partial charge in [0.05, 0.1) is 22.7 Å². The van der Waals surface area contributed by atoms with Gasteiger partial charge in [0.1, 0.15) is 0 Å². The van der Waals surface area contributed by atoms with E-state index in [4.69, 9.17) is 16.1 Å². The van der Waals surface area contributed by atoms with E-state index in [1.165, 1.54) is 0 Å². The van der Waals surface area contributed by atoms with Crippen LogP contribution in [0, 0.1) is 0 Å². The van der Waals surface area contributed by atoms with Crippen molar-refractivity contribution < 1.29 is 9.32 Å². The Kier molecular flexibility index (Phi) is 4.85. The number of carbonyl (C=O) groups is 1. The van der Waals surface area contributed by atoms with Crippen LogP contribution < -0.4 is 5.32 Å². The highest BCUT2D eigenvalue weighted by Gasteiger charge is 2.31. The Morgan fingerprint density at radius 2 is 2.11 bits per heavy atom. The second-order valence-corrected chi connectivity index (χ2v) is 8.51. The second kappa shape index (κ2) is 7.18. The summed E-state index contributed by atoms with van der Waals surface area (Å²) in [6.45, 7) is 8.17. The van der Waals surface area contributed by atoms with Crippen LogP contribution in [0.1, 0.15) is 48.4 Å². The third-order valence-corrected chi connectivity index (χ3v) is 5.40. The van der Waals surface area contributed by atoms with Crippen molar-refractivity contribution >= 4 is 28.6 Å². The van der Waals surface area contributed by atoms with Crippen LogP contribution >= 0.6 is 11.6 Å². The van der Waals surface area contributed by atoms with Crippen molar-refractivity contribution in [1.29, 1.82) is 0 Å². The topological polar surface area (TPSA) is 71.3 Å². The molecular formula is C21H23ClN4O2. The summed E-state index contributed by atoms with van der Waals surface area (Å²) in [6.07, 6.45) is 1.56. The Balaban J connectivity index is 1.72. The predicted octanol–water partition coefficient (Wildman–Crippen LogP) is 3.96. The molecule has 6 nitrogen and oxygen atoms in total. The normalized spacial score (nSPS) is 17.9. The maximum Gasteiger partial charge on any atom is 0.257 e. The first kappa shape index (κ1) is 18.9. The number of benzene rings is 1. The van der Waals surface area contributed by atoms with Gasteiger partial charge in [-0.3, -0.25) is 4.79 Å². The molecule has 0 aliphatic carbocycles. The maximum atomic E-state index is 13.4. The number of nitrogens with zero attached hydrogens (tertiary/aromatic N) is 3. The first-order valence-electron chi connectivity index (χ1n) is 9.38. The molecule has 146 valence electrons. The van der Waals surface area contributed by atoms with Gasteiger partial charge in [0, 0.05) is 36.3 Å². The molecule has 1 saturated heterocycles. The third kappa shape index (κ3) is 3.38. The number of piperazine rings is 1. The smallest absolute Gasteiger partial charge is 0.257 e. The molecule has 3 aromatic rings. The van der Waals surface area contributed by atoms with Crippen molar-refractivity contribution in [2.75, 3.05) is 19.6 Å². The Bertz CT molecular complexity index is 1020. The van der Waals surface area contributed by atoms with Crippen LogP contribution in [-0.4, -0.2) is 40.6 Å². The molecule has 1 aliphatic heterocycles. The van der Waals surface area contributed by atoms with E-state index in [2.05, 4.69) is 36.2 Å². The zero-order valence-electron chi connectivity index (χ0n) is 16.2. The molecule has 1 aliphatic rings. The summed E-state index contributed by atoms with van der Waals surface area (Å²) in [5.41, 5.74) is 2.51. The highest BCUT2D eigenvalue weighted by atomic mass is 35.5. The van der Waals surface area contributed by atoms with Crippen LogP contribution in [0.4, 0.5) is 0 Å². The lowest BCUT2D eigenvalue weighted by Gasteiger charge is -2.37. The van der Waals surface area contributed by atoms with Crippen LogP contribution in [0.3, 0.4) is 0 Å². The molecule has 1 N–H and O–H groups in total. The average molecular weight is 399 g/mol. The number of hydrogen-bond donors (Lipinski definition) is 1. The summed E-state index contributed by atoms with van der Waals surface area (Å²) >= 11 is 6.41. The number of nitrogens with one attached hydrogen (secondary N) is 1. The highest BCUT2D eigenvalue weighted by Crippen LogP contribution is 2.32. The van der Waals surface area contributed by atoms with Crippen LogP contribution in [0.5, 0.6) is 0 Å². The fourth-order valence-corrected chi connectivity index (χ4v) is 3.89. The average Bonchev–Trinajstić information content (AvgIpc) is 3.11. The van der Waals surface area contributed by atoms with E-state index < -0.39 is 0 Å². The summed E-state index contributed by atoms with van der Waals surface area (Å²) in [4.78, 5) is 19.6. The second-order valence-electron chi connectivity index (χ2n) is 8.10. The van der Waals surface area contributed by atoms with Gasteiger partial charge in [-0.25, -0.2) is 4.98 Å². The molecule has 0 saturated carbocycles. The molecule has 0 spiro atoms. The molecule has 0 radical (unpaired) electrons. The number of fused-ring (bicyclic) bond motifs is 1. The molecule has 1 aromatic carbocycles. The molecule has 0 bridgehead atoms. The van der Waals surface area contributed by atoms with E-state index in [1.807, 2.05) is 35.2 Å². The van der Waals surface area contributed by atoms with Gasteiger partial charge in [-0.1, -0.05) is 55.7 Å². The largest absolute Gasteiger partial charge is 0.336 e. The molecule has 1 unspecified atom stereocenters. The van der Waals surface area contributed by atoms with Crippen LogP contribution in [-0.2, 0) is 5.41 Å². The van der Waals surface area contributed by atoms with Crippen LogP contribution in [0.15, 0.2) is 41.1 Å². The van der Waals surface area contributed by atoms with E-state index in [0.717, 1.165) is 23.2 Å². The molecule has 1 amide bonds. The van der Waals surface area contributed by atoms with Gasteiger partial charge < -0.3 is 14.7 Å². The lowest BCUT2D eigenvalue weighted by atomic mass is 9.90. The molecule has 3 heterocycles. The van der Waals surface area contributed by atoms with Crippen LogP contribution in [0.2, 0.25) is 5.02 Å². The summed E-state index contributed by atoms with van der Waals surface area (Å²) in [5.74, 6) is -0.0677. The summed E-state index contributed by atoms with van der Waals surface area (Å²) < 4.78 is 5.35. The van der Waals surface area contributed by atoms with E-state index in [9.17, 15) is 4.79 Å². The number of carbonyl (C=O) groups excluding carboxylic acids is 1. The molecule has 7 heteroatoms. The zero-order valence-corrected chi connectivity index (χ0v) is 17.0. The number of aromatic nitrogens is 2. The van der Waals surface area contributed by atoms with Crippen LogP contribution in [0.25, 0.3) is 11.1 Å². The first-order chi connectivity index (χ1) is 13.4. The number of rotatable bonds is 2. The van der Waals surface area contributed by atoms with Crippen molar-refractivity contribution in [3.05, 3.63) is 58.4 Å². The van der Waals surface area contributed by atoms with Crippen molar-refractivity contribution in [3.63, 3.8) is 0 Å². The van der Waals surface area contributed by atoms with Gasteiger partial charge >= 0.3 is 0 Å². The molecule has 1 fully saturated rings. The number of halogens is 1. The molecular weight excluding hydrogens is 376 g/mol. The quantitative estimate of drug-likeness (QED) is 0.707. The molecule has 4 rings (SSSR count). The molecule has 2 aromatic heterocycles. The molecule has 28 heavy (non-hydrogen) atoms. The minimum atomic E-state index is -0.205. The summed E-state index contributed by atoms with van der Waals surface area (Å²) in [7, 11) is 0. The van der Waals surface area contributed by atoms with E-state index in [1.54, 1.807) is 6.20 Å². The lowest BCUT2D eigenvalue weighted by Crippen LogP contribution is -2.48. The van der Waals surface area contributed by atoms with Gasteiger partial charge in [-0.05, 0) is 17.7 Å². The van der Waals surface area contributed by atoms with Gasteiger partial charge in [-0.15, -0.1) is 0 Å². The highest BCUT2D eigenvalue weighted by molar-refractivity contribution is 6.31. The van der Waals surface area contributed by atoms with Crippen molar-refractivity contribution in [2.45, 2.75) is 32.2 Å². The fourth-order valence-electron chi connectivity index (χ4n) is 3.63. The van der Waals surface area contributed by atoms with Gasteiger partial charge in [0.15, 0.2) is 0 Å². The SMILES string of the molecule is CC(C)(C)c1noc2ncc(C(=O)N3CCNCC3c3ccccc3Cl)cc12. The number of hydrogen-bond acceptors (Lipinski definition) is 5. The summed E-state index contributed by atoms with van der Waals surface area (Å²) in [5, 5.41) is 8.97. The number of pyridine rings is 1. The third-order valence-electron chi connectivity index (χ3n) is 5.06. The minimum Gasteiger partial charge on any atom is -0.336 e. The molecule has 1 atom stereocenters. The van der Waals surface area contributed by atoms with Gasteiger partial charge in [0.2, 0.25) is 0 Å². The Labute approximate surface area is 168 Å². The zero-order chi connectivity index (χ0) is 19.9.